The van der Waals surface area contributed by atoms with Gasteiger partial charge in [-0.3, -0.25) is 0 Å². The van der Waals surface area contributed by atoms with Crippen LogP contribution in [0.4, 0.5) is 0 Å². The normalized spacial score (nSPS) is 10.4. The lowest BCUT2D eigenvalue weighted by molar-refractivity contribution is 0.193. The SMILES string of the molecule is COCCCCc1cccc(CBr)c1. The second kappa shape index (κ2) is 7.02. The molecule has 0 heterocycles. The van der Waals surface area contributed by atoms with Crippen LogP contribution in [-0.4, -0.2) is 13.7 Å². The molecule has 0 unspecified atom stereocenters. The van der Waals surface area contributed by atoms with E-state index in [9.17, 15) is 0 Å². The van der Waals surface area contributed by atoms with Crippen molar-refractivity contribution in [3.8, 4) is 0 Å². The first-order valence-electron chi connectivity index (χ1n) is 4.99. The lowest BCUT2D eigenvalue weighted by Gasteiger charge is -2.03. The molecule has 0 fully saturated rings. The first-order valence-corrected chi connectivity index (χ1v) is 6.11. The van der Waals surface area contributed by atoms with Gasteiger partial charge in [0.25, 0.3) is 0 Å². The van der Waals surface area contributed by atoms with Gasteiger partial charge in [-0.1, -0.05) is 40.2 Å². The van der Waals surface area contributed by atoms with E-state index in [-0.39, 0.29) is 0 Å². The van der Waals surface area contributed by atoms with Crippen LogP contribution < -0.4 is 0 Å². The summed E-state index contributed by atoms with van der Waals surface area (Å²) in [5.74, 6) is 0. The highest BCUT2D eigenvalue weighted by Gasteiger charge is 1.95. The molecule has 1 aromatic rings. The summed E-state index contributed by atoms with van der Waals surface area (Å²) in [5, 5.41) is 0.943. The van der Waals surface area contributed by atoms with Gasteiger partial charge in [0.1, 0.15) is 0 Å². The Hall–Kier alpha value is -0.340. The molecule has 78 valence electrons. The molecule has 14 heavy (non-hydrogen) atoms. The Morgan fingerprint density at radius 2 is 2.00 bits per heavy atom. The van der Waals surface area contributed by atoms with Gasteiger partial charge in [0.2, 0.25) is 0 Å². The van der Waals surface area contributed by atoms with Gasteiger partial charge in [-0.05, 0) is 30.4 Å². The number of aryl methyl sites for hydroxylation is 1. The van der Waals surface area contributed by atoms with Crippen LogP contribution in [0.3, 0.4) is 0 Å². The quantitative estimate of drug-likeness (QED) is 0.559. The number of ether oxygens (including phenoxy) is 1. The van der Waals surface area contributed by atoms with Crippen molar-refractivity contribution < 1.29 is 4.74 Å². The minimum atomic E-state index is 0.873. The van der Waals surface area contributed by atoms with E-state index < -0.39 is 0 Å². The van der Waals surface area contributed by atoms with E-state index in [1.165, 1.54) is 17.5 Å². The third-order valence-corrected chi connectivity index (χ3v) is 2.86. The number of hydrogen-bond donors (Lipinski definition) is 0. The van der Waals surface area contributed by atoms with Crippen LogP contribution in [0, 0.1) is 0 Å². The topological polar surface area (TPSA) is 9.23 Å². The lowest BCUT2D eigenvalue weighted by Crippen LogP contribution is -1.92. The summed E-state index contributed by atoms with van der Waals surface area (Å²) in [6.45, 7) is 0.873. The molecule has 0 saturated heterocycles. The minimum absolute atomic E-state index is 0.873. The first-order chi connectivity index (χ1) is 6.86. The van der Waals surface area contributed by atoms with Crippen molar-refractivity contribution in [2.75, 3.05) is 13.7 Å². The Kier molecular flexibility index (Phi) is 5.88. The fourth-order valence-electron chi connectivity index (χ4n) is 1.44. The van der Waals surface area contributed by atoms with E-state index in [1.807, 2.05) is 0 Å². The zero-order valence-corrected chi connectivity index (χ0v) is 10.2. The predicted octanol–water partition coefficient (Wildman–Crippen LogP) is 3.55. The van der Waals surface area contributed by atoms with Crippen LogP contribution in [-0.2, 0) is 16.5 Å². The largest absolute Gasteiger partial charge is 0.385 e. The van der Waals surface area contributed by atoms with E-state index in [2.05, 4.69) is 40.2 Å². The van der Waals surface area contributed by atoms with Crippen LogP contribution in [0.2, 0.25) is 0 Å². The Labute approximate surface area is 94.6 Å². The van der Waals surface area contributed by atoms with Crippen molar-refractivity contribution in [2.45, 2.75) is 24.6 Å². The second-order valence-corrected chi connectivity index (χ2v) is 3.96. The standard InChI is InChI=1S/C12H17BrO/c1-14-8-3-2-5-11-6-4-7-12(9-11)10-13/h4,6-7,9H,2-3,5,8,10H2,1H3. The number of methoxy groups -OCH3 is 1. The Morgan fingerprint density at radius 3 is 2.71 bits per heavy atom. The van der Waals surface area contributed by atoms with Crippen LogP contribution in [0.25, 0.3) is 0 Å². The molecule has 0 N–H and O–H groups in total. The molecule has 0 aliphatic heterocycles. The molecule has 1 rings (SSSR count). The monoisotopic (exact) mass is 256 g/mol. The fraction of sp³-hybridized carbons (Fsp3) is 0.500. The number of alkyl halides is 1. The van der Waals surface area contributed by atoms with E-state index >= 15 is 0 Å². The Balaban J connectivity index is 2.34. The Bertz CT molecular complexity index is 260. The third-order valence-electron chi connectivity index (χ3n) is 2.21. The number of halogens is 1. The van der Waals surface area contributed by atoms with Crippen molar-refractivity contribution in [3.05, 3.63) is 35.4 Å². The lowest BCUT2D eigenvalue weighted by atomic mass is 10.1. The van der Waals surface area contributed by atoms with Gasteiger partial charge >= 0.3 is 0 Å². The number of benzene rings is 1. The molecule has 0 radical (unpaired) electrons. The van der Waals surface area contributed by atoms with Crippen molar-refractivity contribution in [2.24, 2.45) is 0 Å². The van der Waals surface area contributed by atoms with Gasteiger partial charge in [-0.15, -0.1) is 0 Å². The van der Waals surface area contributed by atoms with E-state index in [1.54, 1.807) is 7.11 Å². The zero-order chi connectivity index (χ0) is 10.2. The molecular weight excluding hydrogens is 240 g/mol. The number of unbranched alkanes of at least 4 members (excludes halogenated alkanes) is 1. The van der Waals surface area contributed by atoms with Crippen molar-refractivity contribution in [1.29, 1.82) is 0 Å². The number of hydrogen-bond acceptors (Lipinski definition) is 1. The van der Waals surface area contributed by atoms with Crippen LogP contribution in [0.5, 0.6) is 0 Å². The second-order valence-electron chi connectivity index (χ2n) is 3.40. The summed E-state index contributed by atoms with van der Waals surface area (Å²) in [6, 6.07) is 8.73. The summed E-state index contributed by atoms with van der Waals surface area (Å²) in [7, 11) is 1.76. The van der Waals surface area contributed by atoms with Gasteiger partial charge < -0.3 is 4.74 Å². The maximum absolute atomic E-state index is 5.02. The van der Waals surface area contributed by atoms with Gasteiger partial charge in [0.05, 0.1) is 0 Å². The maximum Gasteiger partial charge on any atom is 0.0462 e. The van der Waals surface area contributed by atoms with Crippen molar-refractivity contribution in [1.82, 2.24) is 0 Å². The Morgan fingerprint density at radius 1 is 1.21 bits per heavy atom. The molecule has 0 aliphatic carbocycles. The van der Waals surface area contributed by atoms with Crippen LogP contribution >= 0.6 is 15.9 Å². The molecular formula is C12H17BrO. The molecule has 0 amide bonds. The smallest absolute Gasteiger partial charge is 0.0462 e. The van der Waals surface area contributed by atoms with Gasteiger partial charge in [0.15, 0.2) is 0 Å². The molecule has 1 nitrogen and oxygen atoms in total. The van der Waals surface area contributed by atoms with Crippen molar-refractivity contribution >= 4 is 15.9 Å². The highest BCUT2D eigenvalue weighted by molar-refractivity contribution is 9.08. The molecule has 2 heteroatoms. The summed E-state index contributed by atoms with van der Waals surface area (Å²) >= 11 is 3.46. The summed E-state index contributed by atoms with van der Waals surface area (Å²) in [5.41, 5.74) is 2.78. The highest BCUT2D eigenvalue weighted by atomic mass is 79.9. The molecule has 0 saturated carbocycles. The zero-order valence-electron chi connectivity index (χ0n) is 8.63. The highest BCUT2D eigenvalue weighted by Crippen LogP contribution is 2.11. The van der Waals surface area contributed by atoms with Gasteiger partial charge in [-0.2, -0.15) is 0 Å². The van der Waals surface area contributed by atoms with E-state index in [4.69, 9.17) is 4.74 Å². The first kappa shape index (κ1) is 11.7. The fourth-order valence-corrected chi connectivity index (χ4v) is 1.79. The summed E-state index contributed by atoms with van der Waals surface area (Å²) in [4.78, 5) is 0. The van der Waals surface area contributed by atoms with E-state index in [0.29, 0.717) is 0 Å². The molecule has 0 bridgehead atoms. The van der Waals surface area contributed by atoms with Crippen molar-refractivity contribution in [3.63, 3.8) is 0 Å². The average Bonchev–Trinajstić information content (AvgIpc) is 2.25. The minimum Gasteiger partial charge on any atom is -0.385 e. The van der Waals surface area contributed by atoms with E-state index in [0.717, 1.165) is 24.8 Å². The third kappa shape index (κ3) is 4.25. The molecule has 1 aromatic carbocycles. The van der Waals surface area contributed by atoms with Gasteiger partial charge in [0, 0.05) is 19.0 Å². The maximum atomic E-state index is 5.02. The van der Waals surface area contributed by atoms with Gasteiger partial charge in [-0.25, -0.2) is 0 Å². The molecule has 0 spiro atoms. The molecule has 0 atom stereocenters. The van der Waals surface area contributed by atoms with Crippen LogP contribution in [0.1, 0.15) is 24.0 Å². The molecule has 0 aromatic heterocycles. The predicted molar refractivity (Wildman–Crippen MR) is 63.9 cm³/mol. The molecule has 0 aliphatic rings. The number of rotatable bonds is 6. The average molecular weight is 257 g/mol. The summed E-state index contributed by atoms with van der Waals surface area (Å²) in [6.07, 6.45) is 3.51. The van der Waals surface area contributed by atoms with Crippen LogP contribution in [0.15, 0.2) is 24.3 Å². The summed E-state index contributed by atoms with van der Waals surface area (Å²) < 4.78 is 5.02.